The smallest absolute Gasteiger partial charge is 0.294 e. The van der Waals surface area contributed by atoms with Crippen LogP contribution in [0.15, 0.2) is 61.1 Å². The average molecular weight is 388 g/mol. The Bertz CT molecular complexity index is 969. The van der Waals surface area contributed by atoms with Crippen molar-refractivity contribution in [1.82, 2.24) is 9.97 Å². The Labute approximate surface area is 159 Å². The fourth-order valence-electron chi connectivity index (χ4n) is 2.88. The third-order valence-electron chi connectivity index (χ3n) is 4.24. The molecule has 0 bridgehead atoms. The number of aromatic nitrogens is 2. The number of benzene rings is 1. The summed E-state index contributed by atoms with van der Waals surface area (Å²) < 4.78 is 52.1. The van der Waals surface area contributed by atoms with Crippen molar-refractivity contribution in [2.75, 3.05) is 0 Å². The van der Waals surface area contributed by atoms with Gasteiger partial charge in [-0.3, -0.25) is 14.8 Å². The fraction of sp³-hybridized carbons (Fsp3) is 0.190. The first-order chi connectivity index (χ1) is 13.3. The first kappa shape index (κ1) is 19.7. The molecule has 0 aliphatic carbocycles. The monoisotopic (exact) mass is 388 g/mol. The maximum Gasteiger partial charge on any atom is 0.434 e. The molecule has 2 aromatic heterocycles. The van der Waals surface area contributed by atoms with Crippen LogP contribution in [0, 0.1) is 5.82 Å². The number of hydrogen-bond donors (Lipinski definition) is 0. The largest absolute Gasteiger partial charge is 0.434 e. The van der Waals surface area contributed by atoms with Crippen molar-refractivity contribution in [3.8, 4) is 11.1 Å². The molecule has 144 valence electrons. The van der Waals surface area contributed by atoms with Crippen LogP contribution in [0.5, 0.6) is 0 Å². The van der Waals surface area contributed by atoms with Crippen molar-refractivity contribution in [1.29, 1.82) is 0 Å². The van der Waals surface area contributed by atoms with Gasteiger partial charge in [-0.2, -0.15) is 13.2 Å². The summed E-state index contributed by atoms with van der Waals surface area (Å²) in [6.07, 6.45) is -0.0153. The van der Waals surface area contributed by atoms with Crippen LogP contribution in [-0.4, -0.2) is 15.8 Å². The Morgan fingerprint density at radius 3 is 2.43 bits per heavy atom. The summed E-state index contributed by atoms with van der Waals surface area (Å²) in [5.74, 6) is -1.00. The molecular weight excluding hydrogens is 372 g/mol. The molecule has 7 heteroatoms. The van der Waals surface area contributed by atoms with Gasteiger partial charge in [0.25, 0.3) is 0 Å². The summed E-state index contributed by atoms with van der Waals surface area (Å²) in [7, 11) is 0. The average Bonchev–Trinajstić information content (AvgIpc) is 2.68. The molecule has 0 amide bonds. The van der Waals surface area contributed by atoms with Crippen LogP contribution in [0.3, 0.4) is 0 Å². The first-order valence-electron chi connectivity index (χ1n) is 8.60. The molecule has 1 aromatic carbocycles. The van der Waals surface area contributed by atoms with E-state index in [0.717, 1.165) is 29.6 Å². The highest BCUT2D eigenvalue weighted by atomic mass is 19.4. The Morgan fingerprint density at radius 1 is 1.00 bits per heavy atom. The lowest BCUT2D eigenvalue weighted by molar-refractivity contribution is -0.141. The molecule has 3 rings (SSSR count). The zero-order valence-corrected chi connectivity index (χ0v) is 14.7. The Balaban J connectivity index is 1.61. The number of aryl methyl sites for hydroxylation is 1. The summed E-state index contributed by atoms with van der Waals surface area (Å²) in [5.41, 5.74) is 0.843. The van der Waals surface area contributed by atoms with Gasteiger partial charge in [0.15, 0.2) is 11.5 Å². The van der Waals surface area contributed by atoms with Crippen molar-refractivity contribution >= 4 is 5.78 Å². The van der Waals surface area contributed by atoms with Crippen LogP contribution in [0.1, 0.15) is 34.5 Å². The molecule has 0 saturated carbocycles. The molecule has 0 aliphatic rings. The molecule has 3 aromatic rings. The zero-order chi connectivity index (χ0) is 20.1. The highest BCUT2D eigenvalue weighted by molar-refractivity contribution is 5.97. The molecule has 0 saturated heterocycles. The minimum absolute atomic E-state index is 0.00958. The van der Waals surface area contributed by atoms with E-state index >= 15 is 0 Å². The van der Waals surface area contributed by atoms with Gasteiger partial charge in [-0.05, 0) is 42.2 Å². The topological polar surface area (TPSA) is 42.9 Å². The van der Waals surface area contributed by atoms with Crippen molar-refractivity contribution < 1.29 is 22.4 Å². The van der Waals surface area contributed by atoms with Crippen LogP contribution < -0.4 is 0 Å². The number of nitrogens with zero attached hydrogens (tertiary/aromatic N) is 2. The molecule has 0 unspecified atom stereocenters. The van der Waals surface area contributed by atoms with Crippen LogP contribution in [-0.2, 0) is 12.6 Å². The van der Waals surface area contributed by atoms with Gasteiger partial charge in [0.2, 0.25) is 0 Å². The van der Waals surface area contributed by atoms with Gasteiger partial charge in [0.05, 0.1) is 6.20 Å². The Hall–Kier alpha value is -3.09. The van der Waals surface area contributed by atoms with Gasteiger partial charge in [-0.15, -0.1) is 0 Å². The summed E-state index contributed by atoms with van der Waals surface area (Å²) in [4.78, 5) is 19.3. The van der Waals surface area contributed by atoms with Gasteiger partial charge in [0, 0.05) is 29.9 Å². The molecule has 0 fully saturated rings. The highest BCUT2D eigenvalue weighted by Gasteiger charge is 2.36. The van der Waals surface area contributed by atoms with Crippen LogP contribution >= 0.6 is 0 Å². The van der Waals surface area contributed by atoms with Gasteiger partial charge in [-0.25, -0.2) is 4.39 Å². The molecule has 0 N–H and O–H groups in total. The van der Waals surface area contributed by atoms with E-state index in [1.807, 2.05) is 24.3 Å². The number of ketones is 1. The van der Waals surface area contributed by atoms with E-state index in [1.54, 1.807) is 6.20 Å². The lowest BCUT2D eigenvalue weighted by Crippen LogP contribution is -2.15. The number of halogens is 4. The molecule has 0 radical (unpaired) electrons. The first-order valence-corrected chi connectivity index (χ1v) is 8.60. The van der Waals surface area contributed by atoms with E-state index < -0.39 is 29.0 Å². The van der Waals surface area contributed by atoms with Crippen LogP contribution in [0.2, 0.25) is 0 Å². The van der Waals surface area contributed by atoms with Crippen LogP contribution in [0.25, 0.3) is 11.1 Å². The number of alkyl halides is 3. The lowest BCUT2D eigenvalue weighted by Gasteiger charge is -2.10. The third-order valence-corrected chi connectivity index (χ3v) is 4.24. The fourth-order valence-corrected chi connectivity index (χ4v) is 2.88. The second-order valence-corrected chi connectivity index (χ2v) is 6.26. The van der Waals surface area contributed by atoms with Crippen molar-refractivity contribution in [3.63, 3.8) is 0 Å². The number of Topliss-reactive ketones (excluding diaryl/α,β-unsaturated/α-hetero) is 1. The lowest BCUT2D eigenvalue weighted by atomic mass is 9.99. The van der Waals surface area contributed by atoms with Crippen molar-refractivity contribution in [2.24, 2.45) is 0 Å². The second kappa shape index (κ2) is 8.29. The van der Waals surface area contributed by atoms with E-state index in [9.17, 15) is 22.4 Å². The summed E-state index contributed by atoms with van der Waals surface area (Å²) >= 11 is 0. The van der Waals surface area contributed by atoms with Crippen molar-refractivity contribution in [3.05, 3.63) is 83.7 Å². The standard InChI is InChI=1S/C21H16F4N2O/c22-17-11-16(12-26-13-17)15-8-6-14(7-9-15)3-1-5-19(28)18-4-2-10-27-20(18)21(23,24)25/h2,4,6-13H,1,3,5H2. The normalized spacial score (nSPS) is 11.4. The molecule has 3 nitrogen and oxygen atoms in total. The van der Waals surface area contributed by atoms with Gasteiger partial charge >= 0.3 is 6.18 Å². The highest BCUT2D eigenvalue weighted by Crippen LogP contribution is 2.30. The second-order valence-electron chi connectivity index (χ2n) is 6.26. The maximum absolute atomic E-state index is 13.2. The SMILES string of the molecule is O=C(CCCc1ccc(-c2cncc(F)c2)cc1)c1cccnc1C(F)(F)F. The van der Waals surface area contributed by atoms with Crippen LogP contribution in [0.4, 0.5) is 17.6 Å². The minimum atomic E-state index is -4.66. The zero-order valence-electron chi connectivity index (χ0n) is 14.7. The maximum atomic E-state index is 13.2. The Morgan fingerprint density at radius 2 is 1.75 bits per heavy atom. The van der Waals surface area contributed by atoms with E-state index in [4.69, 9.17) is 0 Å². The van der Waals surface area contributed by atoms with Crippen molar-refractivity contribution in [2.45, 2.75) is 25.4 Å². The van der Waals surface area contributed by atoms with E-state index in [1.165, 1.54) is 12.1 Å². The molecular formula is C21H16F4N2O. The number of rotatable bonds is 6. The molecule has 0 atom stereocenters. The Kier molecular flexibility index (Phi) is 5.82. The van der Waals surface area contributed by atoms with Gasteiger partial charge in [-0.1, -0.05) is 24.3 Å². The number of pyridine rings is 2. The van der Waals surface area contributed by atoms with E-state index in [2.05, 4.69) is 9.97 Å². The summed E-state index contributed by atoms with van der Waals surface area (Å²) in [5, 5.41) is 0. The quantitative estimate of drug-likeness (QED) is 0.413. The molecule has 0 spiro atoms. The van der Waals surface area contributed by atoms with E-state index in [-0.39, 0.29) is 6.42 Å². The minimum Gasteiger partial charge on any atom is -0.294 e. The summed E-state index contributed by atoms with van der Waals surface area (Å²) in [6, 6.07) is 11.2. The van der Waals surface area contributed by atoms with Gasteiger partial charge in [0.1, 0.15) is 5.82 Å². The summed E-state index contributed by atoms with van der Waals surface area (Å²) in [6.45, 7) is 0. The molecule has 0 aliphatic heterocycles. The predicted octanol–water partition coefficient (Wildman–Crippen LogP) is 5.51. The number of carbonyl (C=O) groups excluding carboxylic acids is 1. The molecule has 2 heterocycles. The van der Waals surface area contributed by atoms with E-state index in [0.29, 0.717) is 18.4 Å². The molecule has 28 heavy (non-hydrogen) atoms. The van der Waals surface area contributed by atoms with Gasteiger partial charge < -0.3 is 0 Å². The predicted molar refractivity (Wildman–Crippen MR) is 96.1 cm³/mol. The third kappa shape index (κ3) is 4.79. The number of carbonyl (C=O) groups is 1. The number of hydrogen-bond acceptors (Lipinski definition) is 3.